The van der Waals surface area contributed by atoms with E-state index in [-0.39, 0.29) is 11.9 Å². The number of alkyl halides is 2. The lowest BCUT2D eigenvalue weighted by Crippen LogP contribution is -2.35. The summed E-state index contributed by atoms with van der Waals surface area (Å²) >= 11 is 0.441. The molecule has 98 valence electrons. The molecule has 1 aliphatic heterocycles. The van der Waals surface area contributed by atoms with E-state index >= 15 is 0 Å². The molecule has 0 radical (unpaired) electrons. The fourth-order valence-electron chi connectivity index (χ4n) is 1.90. The van der Waals surface area contributed by atoms with Crippen LogP contribution < -0.4 is 10.6 Å². The molecule has 6 heteroatoms. The van der Waals surface area contributed by atoms with Gasteiger partial charge in [0.05, 0.1) is 11.7 Å². The highest BCUT2D eigenvalue weighted by molar-refractivity contribution is 7.99. The summed E-state index contributed by atoms with van der Waals surface area (Å²) in [5, 5.41) is 5.77. The predicted octanol–water partition coefficient (Wildman–Crippen LogP) is 2.69. The van der Waals surface area contributed by atoms with E-state index in [2.05, 4.69) is 10.6 Å². The molecule has 0 bridgehead atoms. The van der Waals surface area contributed by atoms with Crippen LogP contribution in [-0.4, -0.2) is 24.3 Å². The highest BCUT2D eigenvalue weighted by Gasteiger charge is 2.22. The number of halogens is 2. The van der Waals surface area contributed by atoms with Gasteiger partial charge in [-0.05, 0) is 31.5 Å². The van der Waals surface area contributed by atoms with Gasteiger partial charge >= 0.3 is 0 Å². The van der Waals surface area contributed by atoms with Crippen molar-refractivity contribution < 1.29 is 13.6 Å². The average molecular weight is 272 g/mol. The van der Waals surface area contributed by atoms with Crippen molar-refractivity contribution in [1.29, 1.82) is 0 Å². The zero-order valence-electron chi connectivity index (χ0n) is 9.66. The zero-order chi connectivity index (χ0) is 13.0. The molecule has 1 fully saturated rings. The second kappa shape index (κ2) is 6.15. The minimum Gasteiger partial charge on any atom is -0.324 e. The van der Waals surface area contributed by atoms with Gasteiger partial charge in [-0.25, -0.2) is 0 Å². The lowest BCUT2D eigenvalue weighted by Gasteiger charge is -2.13. The van der Waals surface area contributed by atoms with Gasteiger partial charge in [0.1, 0.15) is 0 Å². The van der Waals surface area contributed by atoms with E-state index in [0.29, 0.717) is 22.3 Å². The molecule has 0 unspecified atom stereocenters. The number of carbonyl (C=O) groups excluding carboxylic acids is 1. The van der Waals surface area contributed by atoms with Crippen molar-refractivity contribution in [1.82, 2.24) is 5.32 Å². The minimum atomic E-state index is -2.49. The number of benzene rings is 1. The van der Waals surface area contributed by atoms with Crippen molar-refractivity contribution >= 4 is 23.4 Å². The summed E-state index contributed by atoms with van der Waals surface area (Å²) in [5.74, 6) is -2.65. The molecule has 0 spiro atoms. The van der Waals surface area contributed by atoms with Crippen LogP contribution in [0.5, 0.6) is 0 Å². The van der Waals surface area contributed by atoms with Crippen LogP contribution in [0.25, 0.3) is 0 Å². The summed E-state index contributed by atoms with van der Waals surface area (Å²) < 4.78 is 24.8. The first kappa shape index (κ1) is 13.3. The second-order valence-corrected chi connectivity index (χ2v) is 5.04. The largest absolute Gasteiger partial charge is 0.324 e. The van der Waals surface area contributed by atoms with E-state index in [1.807, 2.05) is 0 Å². The van der Waals surface area contributed by atoms with Gasteiger partial charge in [0.2, 0.25) is 5.91 Å². The van der Waals surface area contributed by atoms with Crippen LogP contribution in [0.3, 0.4) is 0 Å². The highest BCUT2D eigenvalue weighted by atomic mass is 32.2. The second-order valence-electron chi connectivity index (χ2n) is 4.01. The molecule has 0 aromatic heterocycles. The molecule has 3 nitrogen and oxygen atoms in total. The lowest BCUT2D eigenvalue weighted by atomic mass is 10.2. The van der Waals surface area contributed by atoms with E-state index in [1.165, 1.54) is 0 Å². The standard InChI is InChI=1S/C12H14F2N2OS/c13-12(14)18-10-6-2-1-4-8(10)16-11(17)9-5-3-7-15-9/h1-2,4,6,9,12,15H,3,5,7H2,(H,16,17)/t9-/m1/s1. The minimum absolute atomic E-state index is 0.158. The summed E-state index contributed by atoms with van der Waals surface area (Å²) in [7, 11) is 0. The van der Waals surface area contributed by atoms with Crippen LogP contribution >= 0.6 is 11.8 Å². The zero-order valence-corrected chi connectivity index (χ0v) is 10.5. The van der Waals surface area contributed by atoms with E-state index in [0.717, 1.165) is 19.4 Å². The number of carbonyl (C=O) groups is 1. The number of hydrogen-bond donors (Lipinski definition) is 2. The molecular formula is C12H14F2N2OS. The quantitative estimate of drug-likeness (QED) is 0.828. The lowest BCUT2D eigenvalue weighted by molar-refractivity contribution is -0.117. The molecule has 1 aromatic carbocycles. The van der Waals surface area contributed by atoms with E-state index < -0.39 is 5.76 Å². The Hall–Kier alpha value is -1.14. The van der Waals surface area contributed by atoms with Gasteiger partial charge in [0, 0.05) is 4.90 Å². The first-order valence-electron chi connectivity index (χ1n) is 5.75. The first-order valence-corrected chi connectivity index (χ1v) is 6.63. The first-order chi connectivity index (χ1) is 8.66. The molecule has 0 aliphatic carbocycles. The maximum atomic E-state index is 12.4. The smallest absolute Gasteiger partial charge is 0.288 e. The van der Waals surface area contributed by atoms with E-state index in [4.69, 9.17) is 0 Å². The number of para-hydroxylation sites is 1. The molecule has 2 N–H and O–H groups in total. The number of nitrogens with one attached hydrogen (secondary N) is 2. The van der Waals surface area contributed by atoms with Crippen LogP contribution in [0.1, 0.15) is 12.8 Å². The number of anilines is 1. The third-order valence-corrected chi connectivity index (χ3v) is 3.53. The highest BCUT2D eigenvalue weighted by Crippen LogP contribution is 2.31. The molecule has 1 aromatic rings. The maximum Gasteiger partial charge on any atom is 0.288 e. The monoisotopic (exact) mass is 272 g/mol. The van der Waals surface area contributed by atoms with Gasteiger partial charge in [-0.3, -0.25) is 4.79 Å². The normalized spacial score (nSPS) is 19.2. The van der Waals surface area contributed by atoms with E-state index in [9.17, 15) is 13.6 Å². The van der Waals surface area contributed by atoms with Crippen molar-refractivity contribution in [2.24, 2.45) is 0 Å². The molecule has 0 saturated carbocycles. The van der Waals surface area contributed by atoms with Crippen LogP contribution in [0.4, 0.5) is 14.5 Å². The summed E-state index contributed by atoms with van der Waals surface area (Å²) in [6, 6.07) is 6.39. The maximum absolute atomic E-state index is 12.4. The Morgan fingerprint density at radius 1 is 1.44 bits per heavy atom. The van der Waals surface area contributed by atoms with Gasteiger partial charge in [0.25, 0.3) is 5.76 Å². The number of amides is 1. The summed E-state index contributed by atoms with van der Waals surface area (Å²) in [6.07, 6.45) is 1.75. The molecule has 1 saturated heterocycles. The number of hydrogen-bond acceptors (Lipinski definition) is 3. The van der Waals surface area contributed by atoms with Crippen LogP contribution in [0.2, 0.25) is 0 Å². The van der Waals surface area contributed by atoms with Gasteiger partial charge in [-0.1, -0.05) is 23.9 Å². The third-order valence-electron chi connectivity index (χ3n) is 2.74. The third kappa shape index (κ3) is 3.43. The Labute approximate surface area is 108 Å². The molecule has 1 heterocycles. The van der Waals surface area contributed by atoms with Crippen LogP contribution in [-0.2, 0) is 4.79 Å². The molecule has 2 rings (SSSR count). The molecule has 1 amide bonds. The van der Waals surface area contributed by atoms with Crippen molar-refractivity contribution in [2.45, 2.75) is 29.5 Å². The Morgan fingerprint density at radius 3 is 2.89 bits per heavy atom. The van der Waals surface area contributed by atoms with Gasteiger partial charge in [0.15, 0.2) is 0 Å². The van der Waals surface area contributed by atoms with Crippen molar-refractivity contribution in [2.75, 3.05) is 11.9 Å². The van der Waals surface area contributed by atoms with Gasteiger partial charge in [-0.15, -0.1) is 0 Å². The van der Waals surface area contributed by atoms with Gasteiger partial charge in [-0.2, -0.15) is 8.78 Å². The van der Waals surface area contributed by atoms with Crippen LogP contribution in [0.15, 0.2) is 29.2 Å². The Morgan fingerprint density at radius 2 is 2.22 bits per heavy atom. The topological polar surface area (TPSA) is 41.1 Å². The SMILES string of the molecule is O=C(Nc1ccccc1SC(F)F)[C@H]1CCCN1. The Balaban J connectivity index is 2.05. The summed E-state index contributed by atoms with van der Waals surface area (Å²) in [4.78, 5) is 12.3. The summed E-state index contributed by atoms with van der Waals surface area (Å²) in [5.41, 5.74) is 0.446. The molecular weight excluding hydrogens is 258 g/mol. The average Bonchev–Trinajstić information content (AvgIpc) is 2.84. The fraction of sp³-hybridized carbons (Fsp3) is 0.417. The number of thioether (sulfide) groups is 1. The number of rotatable bonds is 4. The van der Waals surface area contributed by atoms with Gasteiger partial charge < -0.3 is 10.6 Å². The Bertz CT molecular complexity index is 422. The van der Waals surface area contributed by atoms with Crippen molar-refractivity contribution in [3.63, 3.8) is 0 Å². The van der Waals surface area contributed by atoms with Crippen molar-refractivity contribution in [3.8, 4) is 0 Å². The van der Waals surface area contributed by atoms with E-state index in [1.54, 1.807) is 24.3 Å². The molecule has 1 aliphatic rings. The Kier molecular flexibility index (Phi) is 4.54. The molecule has 18 heavy (non-hydrogen) atoms. The van der Waals surface area contributed by atoms with Crippen molar-refractivity contribution in [3.05, 3.63) is 24.3 Å². The summed E-state index contributed by atoms with van der Waals surface area (Å²) in [6.45, 7) is 0.825. The predicted molar refractivity (Wildman–Crippen MR) is 68.0 cm³/mol. The molecule has 1 atom stereocenters. The van der Waals surface area contributed by atoms with Crippen LogP contribution in [0, 0.1) is 0 Å². The fourth-order valence-corrected chi connectivity index (χ4v) is 2.49.